The highest BCUT2D eigenvalue weighted by atomic mass is 16.4. The van der Waals surface area contributed by atoms with E-state index in [2.05, 4.69) is 77.0 Å². The number of carboxylic acids is 1. The van der Waals surface area contributed by atoms with Gasteiger partial charge in [0.15, 0.2) is 0 Å². The zero-order chi connectivity index (χ0) is 35.7. The maximum Gasteiger partial charge on any atom is 0.335 e. The van der Waals surface area contributed by atoms with E-state index in [1.807, 2.05) is 30.5 Å². The van der Waals surface area contributed by atoms with E-state index in [4.69, 9.17) is 0 Å². The van der Waals surface area contributed by atoms with E-state index >= 15 is 0 Å². The highest BCUT2D eigenvalue weighted by Gasteiger charge is 2.72. The van der Waals surface area contributed by atoms with E-state index in [0.717, 1.165) is 25.0 Å². The van der Waals surface area contributed by atoms with Gasteiger partial charge in [0.1, 0.15) is 0 Å². The summed E-state index contributed by atoms with van der Waals surface area (Å²) >= 11 is 0. The molecule has 0 aliphatic heterocycles. The van der Waals surface area contributed by atoms with Crippen molar-refractivity contribution in [2.24, 2.45) is 62.6 Å². The number of amides is 1. The molecule has 5 aliphatic carbocycles. The number of carbonyl (C=O) groups excluding carboxylic acids is 1. The Kier molecular flexibility index (Phi) is 9.11. The van der Waals surface area contributed by atoms with Crippen LogP contribution in [0.1, 0.15) is 147 Å². The standard InChI is InChI=1S/C45H64N2O3/c1-8-45-26-25-44(40(50)47-28-21-32-11-9-10-27-46-32)24-18-33(29(2)3)38(44)35(45)16-17-37-42(6)22-19-34(30-12-14-31(15-13-30)39(48)49)41(4,5)36(42)20-23-43(37,45)7/h9-15,27,29,33-38H,8,16-26,28H2,1-7H3,(H,47,50)(H,48,49). The lowest BCUT2D eigenvalue weighted by Gasteiger charge is -2.73. The summed E-state index contributed by atoms with van der Waals surface area (Å²) in [5, 5.41) is 13.0. The highest BCUT2D eigenvalue weighted by Crippen LogP contribution is 2.79. The molecule has 5 nitrogen and oxygen atoms in total. The molecule has 5 fully saturated rings. The smallest absolute Gasteiger partial charge is 0.335 e. The predicted molar refractivity (Wildman–Crippen MR) is 201 cm³/mol. The number of carbonyl (C=O) groups is 2. The highest BCUT2D eigenvalue weighted by molar-refractivity contribution is 5.87. The molecule has 1 heterocycles. The molecule has 5 aliphatic rings. The Balaban J connectivity index is 1.17. The first-order valence-electron chi connectivity index (χ1n) is 20.3. The Morgan fingerprint density at radius 1 is 0.880 bits per heavy atom. The number of hydrogen-bond donors (Lipinski definition) is 2. The van der Waals surface area contributed by atoms with Gasteiger partial charge in [-0.15, -0.1) is 0 Å². The third-order valence-corrected chi connectivity index (χ3v) is 17.1. The number of nitrogens with zero attached hydrogens (tertiary/aromatic N) is 1. The van der Waals surface area contributed by atoms with Gasteiger partial charge in [-0.25, -0.2) is 4.79 Å². The molecule has 2 N–H and O–H groups in total. The van der Waals surface area contributed by atoms with Gasteiger partial charge in [0.25, 0.3) is 0 Å². The number of rotatable bonds is 8. The first-order chi connectivity index (χ1) is 23.7. The molecule has 7 rings (SSSR count). The SMILES string of the molecule is CCC12CCC3(C(=O)NCCc4ccccn4)CCC(C(C)C)C3C1CCC1C3(C)CCC(c4ccc(C(=O)O)cc4)C(C)(C)C3CCC12C. The van der Waals surface area contributed by atoms with Crippen LogP contribution in [0.15, 0.2) is 48.7 Å². The first kappa shape index (κ1) is 35.7. The molecular formula is C45H64N2O3. The number of hydrogen-bond acceptors (Lipinski definition) is 3. The second-order valence-corrected chi connectivity index (χ2v) is 19.1. The maximum atomic E-state index is 14.5. The molecule has 0 radical (unpaired) electrons. The fourth-order valence-electron chi connectivity index (χ4n) is 14.9. The maximum absolute atomic E-state index is 14.5. The zero-order valence-electron chi connectivity index (χ0n) is 32.1. The molecular weight excluding hydrogens is 617 g/mol. The number of pyridine rings is 1. The van der Waals surface area contributed by atoms with Gasteiger partial charge in [-0.2, -0.15) is 0 Å². The predicted octanol–water partition coefficient (Wildman–Crippen LogP) is 10.3. The monoisotopic (exact) mass is 680 g/mol. The molecule has 50 heavy (non-hydrogen) atoms. The lowest BCUT2D eigenvalue weighted by Crippen LogP contribution is -2.67. The van der Waals surface area contributed by atoms with Gasteiger partial charge in [0, 0.05) is 24.9 Å². The minimum Gasteiger partial charge on any atom is -0.478 e. The van der Waals surface area contributed by atoms with Crippen molar-refractivity contribution in [3.63, 3.8) is 0 Å². The number of fused-ring (bicyclic) bond motifs is 7. The molecule has 0 saturated heterocycles. The van der Waals surface area contributed by atoms with E-state index in [0.29, 0.717) is 59.4 Å². The minimum atomic E-state index is -0.849. The average molecular weight is 681 g/mol. The third-order valence-electron chi connectivity index (χ3n) is 17.1. The van der Waals surface area contributed by atoms with Crippen LogP contribution in [-0.4, -0.2) is 28.5 Å². The van der Waals surface area contributed by atoms with Gasteiger partial charge in [-0.1, -0.05) is 66.7 Å². The van der Waals surface area contributed by atoms with Gasteiger partial charge >= 0.3 is 5.97 Å². The van der Waals surface area contributed by atoms with Crippen molar-refractivity contribution in [1.82, 2.24) is 10.3 Å². The largest absolute Gasteiger partial charge is 0.478 e. The van der Waals surface area contributed by atoms with Crippen LogP contribution in [0.25, 0.3) is 0 Å². The fraction of sp³-hybridized carbons (Fsp3) is 0.711. The second-order valence-electron chi connectivity index (χ2n) is 19.1. The van der Waals surface area contributed by atoms with Crippen molar-refractivity contribution in [3.05, 3.63) is 65.5 Å². The van der Waals surface area contributed by atoms with Crippen LogP contribution < -0.4 is 5.32 Å². The first-order valence-corrected chi connectivity index (χ1v) is 20.3. The summed E-state index contributed by atoms with van der Waals surface area (Å²) in [5.74, 6) is 3.55. The van der Waals surface area contributed by atoms with Gasteiger partial charge < -0.3 is 10.4 Å². The van der Waals surface area contributed by atoms with Crippen molar-refractivity contribution >= 4 is 11.9 Å². The van der Waals surface area contributed by atoms with E-state index in [1.165, 1.54) is 63.4 Å². The summed E-state index contributed by atoms with van der Waals surface area (Å²) < 4.78 is 0. The van der Waals surface area contributed by atoms with Gasteiger partial charge in [0.05, 0.1) is 11.0 Å². The lowest BCUT2D eigenvalue weighted by atomic mass is 9.31. The normalized spacial score (nSPS) is 40.2. The van der Waals surface area contributed by atoms with Crippen LogP contribution in [0.3, 0.4) is 0 Å². The summed E-state index contributed by atoms with van der Waals surface area (Å²) in [6, 6.07) is 13.9. The van der Waals surface area contributed by atoms with Crippen molar-refractivity contribution < 1.29 is 14.7 Å². The van der Waals surface area contributed by atoms with Crippen LogP contribution in [-0.2, 0) is 11.2 Å². The zero-order valence-corrected chi connectivity index (χ0v) is 32.1. The quantitative estimate of drug-likeness (QED) is 0.291. The molecule has 272 valence electrons. The van der Waals surface area contributed by atoms with Crippen molar-refractivity contribution in [3.8, 4) is 0 Å². The fourth-order valence-corrected chi connectivity index (χ4v) is 14.9. The van der Waals surface area contributed by atoms with Crippen molar-refractivity contribution in [2.75, 3.05) is 6.54 Å². The Morgan fingerprint density at radius 3 is 2.30 bits per heavy atom. The second kappa shape index (κ2) is 12.8. The molecule has 1 aromatic carbocycles. The molecule has 10 atom stereocenters. The summed E-state index contributed by atoms with van der Waals surface area (Å²) in [6.45, 7) is 18.5. The van der Waals surface area contributed by atoms with Crippen molar-refractivity contribution in [1.29, 1.82) is 0 Å². The van der Waals surface area contributed by atoms with Crippen molar-refractivity contribution in [2.45, 2.75) is 131 Å². The topological polar surface area (TPSA) is 79.3 Å². The number of aromatic nitrogens is 1. The van der Waals surface area contributed by atoms with E-state index in [1.54, 1.807) is 0 Å². The number of nitrogens with one attached hydrogen (secondary N) is 1. The average Bonchev–Trinajstić information content (AvgIpc) is 3.50. The molecule has 1 amide bonds. The Hall–Kier alpha value is -2.69. The Labute approximate surface area is 302 Å². The summed E-state index contributed by atoms with van der Waals surface area (Å²) in [5.41, 5.74) is 3.47. The van der Waals surface area contributed by atoms with Crippen LogP contribution in [0.5, 0.6) is 0 Å². The van der Waals surface area contributed by atoms with Crippen LogP contribution in [0.2, 0.25) is 0 Å². The number of benzene rings is 1. The number of carboxylic acid groups (broad SMARTS) is 1. The molecule has 0 bridgehead atoms. The minimum absolute atomic E-state index is 0.137. The molecule has 5 heteroatoms. The molecule has 5 saturated carbocycles. The third kappa shape index (κ3) is 5.16. The Bertz CT molecular complexity index is 1570. The number of aromatic carboxylic acids is 1. The summed E-state index contributed by atoms with van der Waals surface area (Å²) in [4.78, 5) is 30.6. The molecule has 0 spiro atoms. The van der Waals surface area contributed by atoms with Gasteiger partial charge in [-0.3, -0.25) is 9.78 Å². The van der Waals surface area contributed by atoms with Gasteiger partial charge in [-0.05, 0) is 164 Å². The van der Waals surface area contributed by atoms with E-state index in [9.17, 15) is 14.7 Å². The molecule has 1 aromatic heterocycles. The van der Waals surface area contributed by atoms with E-state index in [-0.39, 0.29) is 27.1 Å². The van der Waals surface area contributed by atoms with Crippen LogP contribution in [0.4, 0.5) is 0 Å². The van der Waals surface area contributed by atoms with E-state index < -0.39 is 5.97 Å². The Morgan fingerprint density at radius 2 is 1.64 bits per heavy atom. The summed E-state index contributed by atoms with van der Waals surface area (Å²) in [7, 11) is 0. The lowest BCUT2D eigenvalue weighted by molar-refractivity contribution is -0.246. The van der Waals surface area contributed by atoms with Crippen LogP contribution in [0, 0.1) is 62.6 Å². The summed E-state index contributed by atoms with van der Waals surface area (Å²) in [6.07, 6.45) is 15.9. The molecule has 10 unspecified atom stereocenters. The van der Waals surface area contributed by atoms with Crippen LogP contribution >= 0.6 is 0 Å². The van der Waals surface area contributed by atoms with Gasteiger partial charge in [0.2, 0.25) is 5.91 Å². The molecule has 2 aromatic rings.